The molecular formula is C16H23NO4S. The summed E-state index contributed by atoms with van der Waals surface area (Å²) in [6.07, 6.45) is -0.00360. The fourth-order valence-corrected chi connectivity index (χ4v) is 1.85. The van der Waals surface area contributed by atoms with Gasteiger partial charge in [0, 0.05) is 6.42 Å². The monoisotopic (exact) mass is 325 g/mol. The molecule has 0 unspecified atom stereocenters. The second kappa shape index (κ2) is 8.68. The van der Waals surface area contributed by atoms with E-state index >= 15 is 0 Å². The van der Waals surface area contributed by atoms with Gasteiger partial charge >= 0.3 is 12.1 Å². The van der Waals surface area contributed by atoms with Crippen LogP contribution in [-0.4, -0.2) is 23.0 Å². The van der Waals surface area contributed by atoms with Crippen molar-refractivity contribution in [1.82, 2.24) is 5.32 Å². The molecule has 1 aromatic rings. The van der Waals surface area contributed by atoms with E-state index in [9.17, 15) is 9.59 Å². The number of benzene rings is 1. The van der Waals surface area contributed by atoms with E-state index in [-0.39, 0.29) is 19.0 Å². The van der Waals surface area contributed by atoms with Gasteiger partial charge in [-0.15, -0.1) is 0 Å². The molecule has 6 heteroatoms. The highest BCUT2D eigenvalue weighted by molar-refractivity contribution is 7.80. The minimum atomic E-state index is -0.562. The molecule has 0 saturated heterocycles. The van der Waals surface area contributed by atoms with Crippen molar-refractivity contribution in [2.24, 2.45) is 0 Å². The molecule has 0 radical (unpaired) electrons. The summed E-state index contributed by atoms with van der Waals surface area (Å²) in [6.45, 7) is 5.62. The first-order valence-corrected chi connectivity index (χ1v) is 7.65. The molecule has 1 rings (SSSR count). The van der Waals surface area contributed by atoms with E-state index in [1.165, 1.54) is 0 Å². The Kier molecular flexibility index (Phi) is 7.24. The highest BCUT2D eigenvalue weighted by atomic mass is 32.1. The molecule has 0 aromatic heterocycles. The van der Waals surface area contributed by atoms with Crippen LogP contribution in [0.3, 0.4) is 0 Å². The molecule has 1 amide bonds. The third-order valence-corrected chi connectivity index (χ3v) is 2.93. The van der Waals surface area contributed by atoms with Crippen LogP contribution in [0.15, 0.2) is 30.3 Å². The van der Waals surface area contributed by atoms with Crippen molar-refractivity contribution in [3.05, 3.63) is 35.9 Å². The lowest BCUT2D eigenvalue weighted by molar-refractivity contribution is -0.154. The molecule has 0 spiro atoms. The van der Waals surface area contributed by atoms with Gasteiger partial charge in [-0.2, -0.15) is 12.6 Å². The highest BCUT2D eigenvalue weighted by Crippen LogP contribution is 2.11. The van der Waals surface area contributed by atoms with Crippen molar-refractivity contribution in [3.63, 3.8) is 0 Å². The number of hydrogen-bond donors (Lipinski definition) is 2. The zero-order valence-corrected chi connectivity index (χ0v) is 14.1. The normalized spacial score (nSPS) is 12.4. The number of alkyl carbamates (subject to hydrolysis) is 1. The van der Waals surface area contributed by atoms with Crippen molar-refractivity contribution in [1.29, 1.82) is 0 Å². The molecule has 0 bridgehead atoms. The third kappa shape index (κ3) is 8.56. The molecule has 22 heavy (non-hydrogen) atoms. The molecular weight excluding hydrogens is 302 g/mol. The third-order valence-electron chi connectivity index (χ3n) is 2.54. The minimum Gasteiger partial charge on any atom is -0.460 e. The van der Waals surface area contributed by atoms with Crippen molar-refractivity contribution in [2.75, 3.05) is 0 Å². The van der Waals surface area contributed by atoms with Crippen LogP contribution in [0, 0.1) is 0 Å². The van der Waals surface area contributed by atoms with Crippen LogP contribution in [0.25, 0.3) is 0 Å². The summed E-state index contributed by atoms with van der Waals surface area (Å²) in [5.74, 6) is -0.314. The lowest BCUT2D eigenvalue weighted by atomic mass is 10.2. The van der Waals surface area contributed by atoms with Gasteiger partial charge < -0.3 is 14.8 Å². The Labute approximate surface area is 136 Å². The zero-order chi connectivity index (χ0) is 16.6. The molecule has 122 valence electrons. The van der Waals surface area contributed by atoms with E-state index < -0.39 is 17.1 Å². The number of hydrogen-bond acceptors (Lipinski definition) is 5. The van der Waals surface area contributed by atoms with Gasteiger partial charge in [0.2, 0.25) is 0 Å². The van der Waals surface area contributed by atoms with Crippen LogP contribution < -0.4 is 5.32 Å². The van der Waals surface area contributed by atoms with Gasteiger partial charge in [0.15, 0.2) is 0 Å². The molecule has 5 nitrogen and oxygen atoms in total. The average molecular weight is 325 g/mol. The van der Waals surface area contributed by atoms with Crippen LogP contribution in [0.1, 0.15) is 39.2 Å². The first kappa shape index (κ1) is 18.4. The van der Waals surface area contributed by atoms with Gasteiger partial charge in [-0.3, -0.25) is 4.79 Å². The van der Waals surface area contributed by atoms with Crippen molar-refractivity contribution in [2.45, 2.75) is 51.2 Å². The number of esters is 1. The smallest absolute Gasteiger partial charge is 0.408 e. The van der Waals surface area contributed by atoms with Crippen molar-refractivity contribution >= 4 is 24.7 Å². The maximum absolute atomic E-state index is 11.6. The molecule has 0 aliphatic carbocycles. The van der Waals surface area contributed by atoms with Gasteiger partial charge in [0.25, 0.3) is 0 Å². The number of ether oxygens (including phenoxy) is 2. The summed E-state index contributed by atoms with van der Waals surface area (Å²) in [5.41, 5.74) is 0.396. The maximum Gasteiger partial charge on any atom is 0.408 e. The van der Waals surface area contributed by atoms with Crippen molar-refractivity contribution < 1.29 is 19.1 Å². The molecule has 1 atom stereocenters. The predicted molar refractivity (Wildman–Crippen MR) is 87.6 cm³/mol. The summed E-state index contributed by atoms with van der Waals surface area (Å²) >= 11 is 4.22. The largest absolute Gasteiger partial charge is 0.460 e. The molecule has 0 aliphatic heterocycles. The quantitative estimate of drug-likeness (QED) is 0.478. The van der Waals surface area contributed by atoms with Crippen molar-refractivity contribution in [3.8, 4) is 0 Å². The van der Waals surface area contributed by atoms with Gasteiger partial charge in [-0.25, -0.2) is 4.79 Å². The summed E-state index contributed by atoms with van der Waals surface area (Å²) in [4.78, 5) is 23.2. The van der Waals surface area contributed by atoms with Crippen LogP contribution in [0.2, 0.25) is 0 Å². The van der Waals surface area contributed by atoms with E-state index in [1.807, 2.05) is 51.1 Å². The minimum absolute atomic E-state index is 0.185. The Morgan fingerprint density at radius 3 is 2.45 bits per heavy atom. The standard InChI is InChI=1S/C16H23NO4S/c1-16(2,3)21-14(18)10-9-13(22)17-15(19)20-11-12-7-5-4-6-8-12/h4-8,13,22H,9-11H2,1-3H3,(H,17,19)/t13-/m1/s1. The Morgan fingerprint density at radius 2 is 1.86 bits per heavy atom. The van der Waals surface area contributed by atoms with E-state index in [0.29, 0.717) is 6.42 Å². The fraction of sp³-hybridized carbons (Fsp3) is 0.500. The van der Waals surface area contributed by atoms with E-state index in [1.54, 1.807) is 0 Å². The van der Waals surface area contributed by atoms with E-state index in [0.717, 1.165) is 5.56 Å². The number of nitrogens with one attached hydrogen (secondary N) is 1. The maximum atomic E-state index is 11.6. The van der Waals surface area contributed by atoms with Gasteiger partial charge in [-0.1, -0.05) is 30.3 Å². The number of thiol groups is 1. The van der Waals surface area contributed by atoms with Gasteiger partial charge in [-0.05, 0) is 32.8 Å². The molecule has 1 aromatic carbocycles. The summed E-state index contributed by atoms with van der Waals surface area (Å²) in [5, 5.41) is 2.10. The molecule has 0 saturated carbocycles. The Bertz CT molecular complexity index is 485. The molecule has 0 heterocycles. The van der Waals surface area contributed by atoms with Crippen LogP contribution in [0.4, 0.5) is 4.79 Å². The molecule has 1 N–H and O–H groups in total. The Morgan fingerprint density at radius 1 is 1.23 bits per heavy atom. The summed E-state index contributed by atoms with van der Waals surface area (Å²) < 4.78 is 10.3. The first-order chi connectivity index (χ1) is 10.3. The van der Waals surface area contributed by atoms with Gasteiger partial charge in [0.1, 0.15) is 12.2 Å². The van der Waals surface area contributed by atoms with Gasteiger partial charge in [0.05, 0.1) is 5.37 Å². The second-order valence-corrected chi connectivity index (χ2v) is 6.47. The van der Waals surface area contributed by atoms with Crippen LogP contribution >= 0.6 is 12.6 Å². The van der Waals surface area contributed by atoms with E-state index in [2.05, 4.69) is 17.9 Å². The van der Waals surface area contributed by atoms with E-state index in [4.69, 9.17) is 9.47 Å². The van der Waals surface area contributed by atoms with Crippen LogP contribution in [-0.2, 0) is 20.9 Å². The summed E-state index contributed by atoms with van der Waals surface area (Å²) in [6, 6.07) is 9.38. The fourth-order valence-electron chi connectivity index (χ4n) is 1.62. The molecule has 0 aliphatic rings. The molecule has 0 fully saturated rings. The first-order valence-electron chi connectivity index (χ1n) is 7.13. The zero-order valence-electron chi connectivity index (χ0n) is 13.2. The number of amides is 1. The lowest BCUT2D eigenvalue weighted by Crippen LogP contribution is -2.32. The Hall–Kier alpha value is -1.69. The lowest BCUT2D eigenvalue weighted by Gasteiger charge is -2.20. The highest BCUT2D eigenvalue weighted by Gasteiger charge is 2.17. The second-order valence-electron chi connectivity index (χ2n) is 5.85. The SMILES string of the molecule is CC(C)(C)OC(=O)CC[C@@H](S)NC(=O)OCc1ccccc1. The number of carbonyl (C=O) groups is 2. The predicted octanol–water partition coefficient (Wildman–Crippen LogP) is 3.29. The topological polar surface area (TPSA) is 64.6 Å². The number of carbonyl (C=O) groups excluding carboxylic acids is 2. The van der Waals surface area contributed by atoms with Crippen LogP contribution in [0.5, 0.6) is 0 Å². The summed E-state index contributed by atoms with van der Waals surface area (Å²) in [7, 11) is 0. The Balaban J connectivity index is 2.22. The number of rotatable bonds is 6. The average Bonchev–Trinajstić information content (AvgIpc) is 2.42.